The first-order valence-corrected chi connectivity index (χ1v) is 11.9. The largest absolute Gasteiger partial charge is 0.496 e. The van der Waals surface area contributed by atoms with Crippen LogP contribution < -0.4 is 15.4 Å². The Bertz CT molecular complexity index is 1170. The van der Waals surface area contributed by atoms with Crippen molar-refractivity contribution in [2.24, 2.45) is 0 Å². The van der Waals surface area contributed by atoms with Gasteiger partial charge in [0.1, 0.15) is 28.9 Å². The quantitative estimate of drug-likeness (QED) is 0.474. The van der Waals surface area contributed by atoms with Crippen molar-refractivity contribution in [3.05, 3.63) is 65.2 Å². The number of amides is 1. The second-order valence-electron chi connectivity index (χ2n) is 8.50. The topological polar surface area (TPSA) is 92.0 Å². The molecule has 1 aromatic heterocycles. The summed E-state index contributed by atoms with van der Waals surface area (Å²) in [5.41, 5.74) is 3.88. The van der Waals surface area contributed by atoms with Crippen LogP contribution in [0.1, 0.15) is 60.1 Å². The molecule has 0 atom stereocenters. The minimum atomic E-state index is -0.152. The molecule has 1 heterocycles. The number of anilines is 1. The highest BCUT2D eigenvalue weighted by atomic mass is 16.5. The van der Waals surface area contributed by atoms with Crippen LogP contribution in [0.3, 0.4) is 0 Å². The maximum absolute atomic E-state index is 12.5. The van der Waals surface area contributed by atoms with Crippen LogP contribution in [0.4, 0.5) is 5.82 Å². The van der Waals surface area contributed by atoms with Gasteiger partial charge in [0.2, 0.25) is 0 Å². The second kappa shape index (κ2) is 10.9. The number of ether oxygens (including phenoxy) is 1. The lowest BCUT2D eigenvalue weighted by Crippen LogP contribution is -2.26. The molecular formula is C27H31N5O2. The van der Waals surface area contributed by atoms with Gasteiger partial charge in [-0.15, -0.1) is 0 Å². The van der Waals surface area contributed by atoms with Gasteiger partial charge in [0.15, 0.2) is 0 Å². The van der Waals surface area contributed by atoms with E-state index in [1.54, 1.807) is 19.2 Å². The fraction of sp³-hybridized carbons (Fsp3) is 0.370. The molecule has 34 heavy (non-hydrogen) atoms. The van der Waals surface area contributed by atoms with E-state index in [0.717, 1.165) is 42.0 Å². The SMILES string of the molecule is CCNc1c(C#N)c(-c2ccc(CCNC(=O)c3ccccc3OC)cc2)nn1C1CCCC1. The third kappa shape index (κ3) is 4.91. The summed E-state index contributed by atoms with van der Waals surface area (Å²) < 4.78 is 7.30. The van der Waals surface area contributed by atoms with Crippen molar-refractivity contribution in [1.29, 1.82) is 5.26 Å². The minimum Gasteiger partial charge on any atom is -0.496 e. The Labute approximate surface area is 200 Å². The number of aromatic nitrogens is 2. The summed E-state index contributed by atoms with van der Waals surface area (Å²) >= 11 is 0. The number of nitrogens with one attached hydrogen (secondary N) is 2. The number of carbonyl (C=O) groups excluding carboxylic acids is 1. The van der Waals surface area contributed by atoms with Crippen LogP contribution in [0.5, 0.6) is 5.75 Å². The maximum Gasteiger partial charge on any atom is 0.255 e. The molecule has 1 aliphatic carbocycles. The van der Waals surface area contributed by atoms with Gasteiger partial charge >= 0.3 is 0 Å². The Morgan fingerprint density at radius 3 is 2.59 bits per heavy atom. The van der Waals surface area contributed by atoms with Crippen LogP contribution in [0.15, 0.2) is 48.5 Å². The smallest absolute Gasteiger partial charge is 0.255 e. The molecule has 1 fully saturated rings. The van der Waals surface area contributed by atoms with Crippen molar-refractivity contribution in [1.82, 2.24) is 15.1 Å². The number of methoxy groups -OCH3 is 1. The third-order valence-corrected chi connectivity index (χ3v) is 6.32. The fourth-order valence-corrected chi connectivity index (χ4v) is 4.57. The Morgan fingerprint density at radius 1 is 1.18 bits per heavy atom. The van der Waals surface area contributed by atoms with Crippen LogP contribution in [-0.2, 0) is 6.42 Å². The number of hydrogen-bond acceptors (Lipinski definition) is 5. The van der Waals surface area contributed by atoms with E-state index in [1.165, 1.54) is 12.8 Å². The summed E-state index contributed by atoms with van der Waals surface area (Å²) in [5.74, 6) is 1.24. The first-order chi connectivity index (χ1) is 16.7. The standard InChI is InChI=1S/C27H31N5O2/c1-3-29-26-23(18-28)25(31-32(26)21-8-4-5-9-21)20-14-12-19(13-15-20)16-17-30-27(33)22-10-6-7-11-24(22)34-2/h6-7,10-15,21,29H,3-5,8-9,16-17H2,1-2H3,(H,30,33). The molecule has 1 aliphatic rings. The van der Waals surface area contributed by atoms with Crippen molar-refractivity contribution in [2.45, 2.75) is 45.1 Å². The minimum absolute atomic E-state index is 0.152. The molecule has 7 heteroatoms. The van der Waals surface area contributed by atoms with Gasteiger partial charge in [-0.2, -0.15) is 10.4 Å². The molecular weight excluding hydrogens is 426 g/mol. The van der Waals surface area contributed by atoms with Gasteiger partial charge in [-0.3, -0.25) is 4.79 Å². The first-order valence-electron chi connectivity index (χ1n) is 11.9. The van der Waals surface area contributed by atoms with E-state index in [0.29, 0.717) is 35.9 Å². The number of nitriles is 1. The van der Waals surface area contributed by atoms with Crippen molar-refractivity contribution in [3.8, 4) is 23.1 Å². The molecule has 1 amide bonds. The molecule has 1 saturated carbocycles. The van der Waals surface area contributed by atoms with Crippen LogP contribution in [0.2, 0.25) is 0 Å². The number of nitrogens with zero attached hydrogens (tertiary/aromatic N) is 3. The summed E-state index contributed by atoms with van der Waals surface area (Å²) in [5, 5.41) is 21.1. The maximum atomic E-state index is 12.5. The summed E-state index contributed by atoms with van der Waals surface area (Å²) in [6, 6.07) is 18.0. The zero-order chi connectivity index (χ0) is 23.9. The van der Waals surface area contributed by atoms with Crippen LogP contribution in [0, 0.1) is 11.3 Å². The Hall–Kier alpha value is -3.79. The third-order valence-electron chi connectivity index (χ3n) is 6.32. The summed E-state index contributed by atoms with van der Waals surface area (Å²) in [7, 11) is 1.56. The van der Waals surface area contributed by atoms with Crippen LogP contribution in [0.25, 0.3) is 11.3 Å². The monoisotopic (exact) mass is 457 g/mol. The van der Waals surface area contributed by atoms with Crippen molar-refractivity contribution in [2.75, 3.05) is 25.5 Å². The molecule has 4 rings (SSSR count). The molecule has 0 bridgehead atoms. The molecule has 0 radical (unpaired) electrons. The molecule has 0 saturated heterocycles. The highest BCUT2D eigenvalue weighted by Gasteiger charge is 2.26. The predicted molar refractivity (Wildman–Crippen MR) is 133 cm³/mol. The molecule has 3 aromatic rings. The van der Waals surface area contributed by atoms with Crippen molar-refractivity contribution in [3.63, 3.8) is 0 Å². The molecule has 0 unspecified atom stereocenters. The molecule has 0 aliphatic heterocycles. The van der Waals surface area contributed by atoms with E-state index in [4.69, 9.17) is 9.84 Å². The normalized spacial score (nSPS) is 13.4. The molecule has 2 N–H and O–H groups in total. The van der Waals surface area contributed by atoms with Gasteiger partial charge in [0.25, 0.3) is 5.91 Å². The van der Waals surface area contributed by atoms with E-state index in [1.807, 2.05) is 48.0 Å². The second-order valence-corrected chi connectivity index (χ2v) is 8.50. The Morgan fingerprint density at radius 2 is 1.91 bits per heavy atom. The number of benzene rings is 2. The summed E-state index contributed by atoms with van der Waals surface area (Å²) in [4.78, 5) is 12.5. The Kier molecular flexibility index (Phi) is 7.48. The summed E-state index contributed by atoms with van der Waals surface area (Å²) in [6.07, 6.45) is 5.31. The highest BCUT2D eigenvalue weighted by molar-refractivity contribution is 5.96. The highest BCUT2D eigenvalue weighted by Crippen LogP contribution is 2.36. The summed E-state index contributed by atoms with van der Waals surface area (Å²) in [6.45, 7) is 3.29. The van der Waals surface area contributed by atoms with E-state index >= 15 is 0 Å². The van der Waals surface area contributed by atoms with E-state index in [9.17, 15) is 10.1 Å². The lowest BCUT2D eigenvalue weighted by atomic mass is 10.0. The van der Waals surface area contributed by atoms with E-state index < -0.39 is 0 Å². The number of rotatable bonds is 9. The molecule has 176 valence electrons. The first kappa shape index (κ1) is 23.4. The molecule has 7 nitrogen and oxygen atoms in total. The van der Waals surface area contributed by atoms with Crippen LogP contribution in [-0.4, -0.2) is 35.9 Å². The predicted octanol–water partition coefficient (Wildman–Crippen LogP) is 4.95. The number of para-hydroxylation sites is 1. The Balaban J connectivity index is 1.46. The number of carbonyl (C=O) groups is 1. The zero-order valence-corrected chi connectivity index (χ0v) is 19.8. The van der Waals surface area contributed by atoms with E-state index in [2.05, 4.69) is 16.7 Å². The van der Waals surface area contributed by atoms with Crippen molar-refractivity contribution < 1.29 is 9.53 Å². The van der Waals surface area contributed by atoms with Gasteiger partial charge in [0.05, 0.1) is 18.7 Å². The zero-order valence-electron chi connectivity index (χ0n) is 19.8. The molecule has 0 spiro atoms. The van der Waals surface area contributed by atoms with Gasteiger partial charge in [-0.1, -0.05) is 49.2 Å². The van der Waals surface area contributed by atoms with Gasteiger partial charge in [-0.25, -0.2) is 4.68 Å². The lowest BCUT2D eigenvalue weighted by molar-refractivity contribution is 0.0951. The van der Waals surface area contributed by atoms with E-state index in [-0.39, 0.29) is 5.91 Å². The van der Waals surface area contributed by atoms with Gasteiger partial charge in [-0.05, 0) is 43.9 Å². The lowest BCUT2D eigenvalue weighted by Gasteiger charge is -2.14. The molecule has 2 aromatic carbocycles. The van der Waals surface area contributed by atoms with Gasteiger partial charge in [0, 0.05) is 18.7 Å². The average molecular weight is 458 g/mol. The average Bonchev–Trinajstić information content (AvgIpc) is 3.52. The fourth-order valence-electron chi connectivity index (χ4n) is 4.57. The van der Waals surface area contributed by atoms with Crippen molar-refractivity contribution >= 4 is 11.7 Å². The van der Waals surface area contributed by atoms with Gasteiger partial charge < -0.3 is 15.4 Å². The van der Waals surface area contributed by atoms with Crippen LogP contribution >= 0.6 is 0 Å². The number of hydrogen-bond donors (Lipinski definition) is 2.